The lowest BCUT2D eigenvalue weighted by Gasteiger charge is -2.28. The highest BCUT2D eigenvalue weighted by Crippen LogP contribution is 2.25. The number of unbranched alkanes of at least 4 members (excludes halogenated alkanes) is 2. The molecule has 0 amide bonds. The minimum absolute atomic E-state index is 0.212. The Bertz CT molecular complexity index is 375. The summed E-state index contributed by atoms with van der Waals surface area (Å²) in [7, 11) is 2.19. The molecule has 0 spiro atoms. The molecular formula is C18H32N2. The molecule has 0 aromatic heterocycles. The van der Waals surface area contributed by atoms with Crippen molar-refractivity contribution in [2.24, 2.45) is 5.73 Å². The van der Waals surface area contributed by atoms with Gasteiger partial charge < -0.3 is 5.73 Å². The lowest BCUT2D eigenvalue weighted by atomic mass is 9.86. The average Bonchev–Trinajstić information content (AvgIpc) is 2.39. The lowest BCUT2D eigenvalue weighted by molar-refractivity contribution is 0.245. The van der Waals surface area contributed by atoms with Crippen LogP contribution in [0, 0.1) is 0 Å². The maximum Gasteiger partial charge on any atom is 0.0467 e. The number of nitrogens with two attached hydrogens (primary N) is 1. The van der Waals surface area contributed by atoms with E-state index in [0.29, 0.717) is 12.6 Å². The second-order valence-corrected chi connectivity index (χ2v) is 6.81. The second kappa shape index (κ2) is 7.80. The zero-order chi connectivity index (χ0) is 15.2. The maximum absolute atomic E-state index is 5.99. The standard InChI is InChI=1S/C18H32N2/c1-6-7-8-13-20(5)17(14-19)15-9-11-16(12-10-15)18(2,3)4/h9-12,17H,6-8,13-14,19H2,1-5H3. The third-order valence-electron chi connectivity index (χ3n) is 4.03. The van der Waals surface area contributed by atoms with Gasteiger partial charge in [0.2, 0.25) is 0 Å². The second-order valence-electron chi connectivity index (χ2n) is 6.81. The largest absolute Gasteiger partial charge is 0.329 e. The van der Waals surface area contributed by atoms with Crippen LogP contribution in [-0.2, 0) is 5.41 Å². The minimum Gasteiger partial charge on any atom is -0.329 e. The molecule has 1 rings (SSSR count). The van der Waals surface area contributed by atoms with Crippen LogP contribution >= 0.6 is 0 Å². The topological polar surface area (TPSA) is 29.3 Å². The molecule has 0 bridgehead atoms. The minimum atomic E-state index is 0.212. The van der Waals surface area contributed by atoms with Crippen molar-refractivity contribution in [1.82, 2.24) is 4.90 Å². The summed E-state index contributed by atoms with van der Waals surface area (Å²) in [5.74, 6) is 0. The van der Waals surface area contributed by atoms with Crippen LogP contribution in [0.25, 0.3) is 0 Å². The van der Waals surface area contributed by atoms with Crippen LogP contribution in [-0.4, -0.2) is 25.0 Å². The number of hydrogen-bond acceptors (Lipinski definition) is 2. The average molecular weight is 276 g/mol. The third-order valence-corrected chi connectivity index (χ3v) is 4.03. The summed E-state index contributed by atoms with van der Waals surface area (Å²) in [6, 6.07) is 9.32. The highest BCUT2D eigenvalue weighted by molar-refractivity contribution is 5.29. The quantitative estimate of drug-likeness (QED) is 0.760. The molecule has 0 radical (unpaired) electrons. The normalized spacial score (nSPS) is 13.8. The molecule has 1 unspecified atom stereocenters. The fourth-order valence-electron chi connectivity index (χ4n) is 2.54. The molecule has 1 aromatic carbocycles. The molecule has 1 atom stereocenters. The van der Waals surface area contributed by atoms with E-state index in [4.69, 9.17) is 5.73 Å². The predicted molar refractivity (Wildman–Crippen MR) is 89.1 cm³/mol. The van der Waals surface area contributed by atoms with Gasteiger partial charge in [-0.3, -0.25) is 4.90 Å². The van der Waals surface area contributed by atoms with Crippen molar-refractivity contribution in [3.63, 3.8) is 0 Å². The van der Waals surface area contributed by atoms with Gasteiger partial charge in [0.05, 0.1) is 0 Å². The van der Waals surface area contributed by atoms with Crippen molar-refractivity contribution >= 4 is 0 Å². The number of likely N-dealkylation sites (N-methyl/N-ethyl adjacent to an activating group) is 1. The van der Waals surface area contributed by atoms with Gasteiger partial charge in [0, 0.05) is 12.6 Å². The molecular weight excluding hydrogens is 244 g/mol. The van der Waals surface area contributed by atoms with E-state index in [0.717, 1.165) is 6.54 Å². The van der Waals surface area contributed by atoms with E-state index in [1.807, 2.05) is 0 Å². The fourth-order valence-corrected chi connectivity index (χ4v) is 2.54. The molecule has 0 aliphatic rings. The zero-order valence-electron chi connectivity index (χ0n) is 13.9. The van der Waals surface area contributed by atoms with Crippen LogP contribution in [0.2, 0.25) is 0 Å². The molecule has 0 aliphatic heterocycles. The summed E-state index contributed by atoms with van der Waals surface area (Å²) in [5, 5.41) is 0. The predicted octanol–water partition coefficient (Wildman–Crippen LogP) is 4.11. The number of rotatable bonds is 7. The molecule has 0 aliphatic carbocycles. The van der Waals surface area contributed by atoms with Crippen LogP contribution < -0.4 is 5.73 Å². The van der Waals surface area contributed by atoms with E-state index in [-0.39, 0.29) is 5.41 Å². The first-order chi connectivity index (χ1) is 9.40. The Morgan fingerprint density at radius 3 is 2.15 bits per heavy atom. The van der Waals surface area contributed by atoms with E-state index in [9.17, 15) is 0 Å². The van der Waals surface area contributed by atoms with E-state index in [2.05, 4.69) is 63.9 Å². The van der Waals surface area contributed by atoms with Gasteiger partial charge in [-0.15, -0.1) is 0 Å². The first-order valence-corrected chi connectivity index (χ1v) is 7.91. The van der Waals surface area contributed by atoms with Gasteiger partial charge in [-0.2, -0.15) is 0 Å². The van der Waals surface area contributed by atoms with Crippen molar-refractivity contribution in [3.8, 4) is 0 Å². The van der Waals surface area contributed by atoms with Crippen LogP contribution in [0.5, 0.6) is 0 Å². The summed E-state index contributed by atoms with van der Waals surface area (Å²) in [4.78, 5) is 2.39. The van der Waals surface area contributed by atoms with Gasteiger partial charge in [-0.1, -0.05) is 64.8 Å². The number of hydrogen-bond donors (Lipinski definition) is 1. The van der Waals surface area contributed by atoms with Gasteiger partial charge in [-0.25, -0.2) is 0 Å². The van der Waals surface area contributed by atoms with Crippen LogP contribution in [0.4, 0.5) is 0 Å². The lowest BCUT2D eigenvalue weighted by Crippen LogP contribution is -2.31. The van der Waals surface area contributed by atoms with Crippen LogP contribution in [0.15, 0.2) is 24.3 Å². The molecule has 0 saturated carbocycles. The molecule has 0 fully saturated rings. The monoisotopic (exact) mass is 276 g/mol. The fraction of sp³-hybridized carbons (Fsp3) is 0.667. The maximum atomic E-state index is 5.99. The Morgan fingerprint density at radius 1 is 1.10 bits per heavy atom. The number of nitrogens with zero attached hydrogens (tertiary/aromatic N) is 1. The summed E-state index contributed by atoms with van der Waals surface area (Å²) in [5.41, 5.74) is 8.92. The molecule has 20 heavy (non-hydrogen) atoms. The zero-order valence-corrected chi connectivity index (χ0v) is 13.9. The smallest absolute Gasteiger partial charge is 0.0467 e. The molecule has 0 heterocycles. The molecule has 1 aromatic rings. The van der Waals surface area contributed by atoms with Gasteiger partial charge in [0.1, 0.15) is 0 Å². The first kappa shape index (κ1) is 17.2. The Morgan fingerprint density at radius 2 is 1.70 bits per heavy atom. The van der Waals surface area contributed by atoms with E-state index >= 15 is 0 Å². The van der Waals surface area contributed by atoms with Gasteiger partial charge in [0.15, 0.2) is 0 Å². The Hall–Kier alpha value is -0.860. The number of benzene rings is 1. The Kier molecular flexibility index (Phi) is 6.70. The van der Waals surface area contributed by atoms with E-state index in [1.165, 1.54) is 30.4 Å². The third kappa shape index (κ3) is 4.92. The van der Waals surface area contributed by atoms with Gasteiger partial charge >= 0.3 is 0 Å². The Labute approximate surface area is 125 Å². The summed E-state index contributed by atoms with van der Waals surface area (Å²) in [6.45, 7) is 10.8. The highest BCUT2D eigenvalue weighted by atomic mass is 15.1. The molecule has 2 N–H and O–H groups in total. The van der Waals surface area contributed by atoms with Crippen molar-refractivity contribution in [1.29, 1.82) is 0 Å². The van der Waals surface area contributed by atoms with Crippen LogP contribution in [0.3, 0.4) is 0 Å². The van der Waals surface area contributed by atoms with E-state index < -0.39 is 0 Å². The molecule has 114 valence electrons. The molecule has 0 saturated heterocycles. The first-order valence-electron chi connectivity index (χ1n) is 7.91. The summed E-state index contributed by atoms with van der Waals surface area (Å²) < 4.78 is 0. The molecule has 2 heteroatoms. The van der Waals surface area contributed by atoms with Crippen molar-refractivity contribution < 1.29 is 0 Å². The SMILES string of the molecule is CCCCCN(C)C(CN)c1ccc(C(C)(C)C)cc1. The summed E-state index contributed by atoms with van der Waals surface area (Å²) in [6.07, 6.45) is 3.82. The van der Waals surface area contributed by atoms with Crippen molar-refractivity contribution in [3.05, 3.63) is 35.4 Å². The van der Waals surface area contributed by atoms with Gasteiger partial charge in [-0.05, 0) is 36.6 Å². The van der Waals surface area contributed by atoms with E-state index in [1.54, 1.807) is 0 Å². The molecule has 2 nitrogen and oxygen atoms in total. The van der Waals surface area contributed by atoms with Gasteiger partial charge in [0.25, 0.3) is 0 Å². The highest BCUT2D eigenvalue weighted by Gasteiger charge is 2.17. The van der Waals surface area contributed by atoms with Crippen LogP contribution in [0.1, 0.15) is 64.1 Å². The Balaban J connectivity index is 2.74. The summed E-state index contributed by atoms with van der Waals surface area (Å²) >= 11 is 0. The van der Waals surface area contributed by atoms with Crippen molar-refractivity contribution in [2.45, 2.75) is 58.4 Å². The van der Waals surface area contributed by atoms with Crippen molar-refractivity contribution in [2.75, 3.05) is 20.1 Å².